The zero-order chi connectivity index (χ0) is 31.3. The van der Waals surface area contributed by atoms with Gasteiger partial charge in [0.15, 0.2) is 24.3 Å². The number of hydrogen-bond donors (Lipinski definition) is 9. The lowest BCUT2D eigenvalue weighted by molar-refractivity contribution is -0.351. The average molecular weight is 609 g/mol. The fourth-order valence-electron chi connectivity index (χ4n) is 4.86. The number of phenols is 3. The van der Waals surface area contributed by atoms with Crippen LogP contribution in [-0.4, -0.2) is 113 Å². The van der Waals surface area contributed by atoms with Crippen molar-refractivity contribution in [1.29, 1.82) is 0 Å². The highest BCUT2D eigenvalue weighted by Gasteiger charge is 2.53. The van der Waals surface area contributed by atoms with E-state index in [1.807, 2.05) is 0 Å². The molecule has 2 aliphatic heterocycles. The van der Waals surface area contributed by atoms with Crippen LogP contribution in [0.5, 0.6) is 23.0 Å². The Labute approximate surface area is 240 Å². The normalized spacial score (nSPS) is 32.9. The molecule has 2 aliphatic rings. The van der Waals surface area contributed by atoms with E-state index in [9.17, 15) is 55.5 Å². The molecule has 0 unspecified atom stereocenters. The Morgan fingerprint density at radius 3 is 2.14 bits per heavy atom. The van der Waals surface area contributed by atoms with Gasteiger partial charge in [0.1, 0.15) is 58.7 Å². The molecular weight excluding hydrogens is 580 g/mol. The number of carboxylic acid groups (broad SMARTS) is 1. The van der Waals surface area contributed by atoms with E-state index in [-0.39, 0.29) is 22.7 Å². The highest BCUT2D eigenvalue weighted by molar-refractivity contribution is 5.88. The molecule has 3 heterocycles. The Hall–Kier alpha value is -4.00. The maximum atomic E-state index is 13.7. The van der Waals surface area contributed by atoms with Crippen LogP contribution in [0.15, 0.2) is 45.6 Å². The number of aliphatic hydroxyl groups is 5. The molecule has 5 rings (SSSR count). The van der Waals surface area contributed by atoms with Gasteiger partial charge in [0.05, 0.1) is 6.10 Å². The van der Waals surface area contributed by atoms with Crippen molar-refractivity contribution in [2.45, 2.75) is 68.3 Å². The highest BCUT2D eigenvalue weighted by atomic mass is 16.8. The molecule has 232 valence electrons. The minimum absolute atomic E-state index is 0.121. The van der Waals surface area contributed by atoms with Crippen LogP contribution in [0.25, 0.3) is 22.3 Å². The first-order valence-electron chi connectivity index (χ1n) is 12.9. The van der Waals surface area contributed by atoms with Gasteiger partial charge in [0.2, 0.25) is 17.5 Å². The first kappa shape index (κ1) is 30.5. The van der Waals surface area contributed by atoms with Gasteiger partial charge in [-0.1, -0.05) is 0 Å². The standard InChI is InChI=1S/C27H28O16/c1-8-15(31)17(33)20(36)26(39-8)43-24-19(35)18(34)23(25(37)38)42-27(24)41-22-16(32)14-12(30)6-11(29)7-13(14)40-21(22)9-2-4-10(28)5-3-9/h2-8,15,17-20,23-24,26-31,33-36H,1H3,(H,37,38)/t8-,15-,17+,18-,19-,20+,23-,24+,26-,27+/m0/s1. The van der Waals surface area contributed by atoms with Crippen LogP contribution in [0.2, 0.25) is 0 Å². The quantitative estimate of drug-likeness (QED) is 0.157. The van der Waals surface area contributed by atoms with Gasteiger partial charge in [0.25, 0.3) is 0 Å². The maximum absolute atomic E-state index is 13.7. The monoisotopic (exact) mass is 608 g/mol. The molecule has 0 spiro atoms. The third-order valence-electron chi connectivity index (χ3n) is 7.17. The first-order chi connectivity index (χ1) is 20.3. The van der Waals surface area contributed by atoms with Crippen molar-refractivity contribution in [3.8, 4) is 34.3 Å². The number of aromatic hydroxyl groups is 3. The molecule has 16 nitrogen and oxygen atoms in total. The molecule has 1 aromatic heterocycles. The van der Waals surface area contributed by atoms with Gasteiger partial charge in [-0.3, -0.25) is 4.79 Å². The molecule has 10 atom stereocenters. The van der Waals surface area contributed by atoms with Crippen molar-refractivity contribution in [2.24, 2.45) is 0 Å². The fourth-order valence-corrected chi connectivity index (χ4v) is 4.86. The maximum Gasteiger partial charge on any atom is 0.335 e. The number of phenolic OH excluding ortho intramolecular Hbond substituents is 3. The van der Waals surface area contributed by atoms with Crippen LogP contribution < -0.4 is 10.2 Å². The summed E-state index contributed by atoms with van der Waals surface area (Å²) in [4.78, 5) is 25.5. The zero-order valence-corrected chi connectivity index (χ0v) is 22.1. The third-order valence-corrected chi connectivity index (χ3v) is 7.17. The molecular formula is C27H28O16. The number of rotatable bonds is 6. The van der Waals surface area contributed by atoms with Crippen LogP contribution in [0, 0.1) is 0 Å². The third kappa shape index (κ3) is 5.57. The van der Waals surface area contributed by atoms with Crippen molar-refractivity contribution in [3.63, 3.8) is 0 Å². The van der Waals surface area contributed by atoms with E-state index in [0.29, 0.717) is 0 Å². The van der Waals surface area contributed by atoms with Crippen molar-refractivity contribution in [2.75, 3.05) is 0 Å². The number of fused-ring (bicyclic) bond motifs is 1. The number of aliphatic hydroxyl groups excluding tert-OH is 5. The van der Waals surface area contributed by atoms with Gasteiger partial charge in [-0.2, -0.15) is 0 Å². The number of carboxylic acids is 1. The second kappa shape index (κ2) is 11.6. The van der Waals surface area contributed by atoms with Crippen molar-refractivity contribution in [3.05, 3.63) is 46.6 Å². The van der Waals surface area contributed by atoms with Crippen LogP contribution in [-0.2, 0) is 19.0 Å². The van der Waals surface area contributed by atoms with E-state index in [1.54, 1.807) is 0 Å². The Kier molecular flexibility index (Phi) is 8.21. The summed E-state index contributed by atoms with van der Waals surface area (Å²) in [5, 5.41) is 91.2. The largest absolute Gasteiger partial charge is 0.508 e. The van der Waals surface area contributed by atoms with Gasteiger partial charge in [-0.15, -0.1) is 0 Å². The summed E-state index contributed by atoms with van der Waals surface area (Å²) in [6, 6.07) is 7.03. The Bertz CT molecular complexity index is 1550. The fraction of sp³-hybridized carbons (Fsp3) is 0.407. The predicted molar refractivity (Wildman–Crippen MR) is 139 cm³/mol. The second-order valence-electron chi connectivity index (χ2n) is 10.1. The molecule has 16 heteroatoms. The van der Waals surface area contributed by atoms with Crippen LogP contribution in [0.4, 0.5) is 0 Å². The summed E-state index contributed by atoms with van der Waals surface area (Å²) >= 11 is 0. The van der Waals surface area contributed by atoms with Gasteiger partial charge < -0.3 is 69.3 Å². The van der Waals surface area contributed by atoms with Gasteiger partial charge in [-0.25, -0.2) is 4.79 Å². The van der Waals surface area contributed by atoms with Crippen LogP contribution in [0.1, 0.15) is 6.92 Å². The summed E-state index contributed by atoms with van der Waals surface area (Å²) < 4.78 is 28.0. The molecule has 0 aliphatic carbocycles. The molecule has 0 radical (unpaired) electrons. The molecule has 0 amide bonds. The molecule has 3 aromatic rings. The van der Waals surface area contributed by atoms with Gasteiger partial charge in [0, 0.05) is 17.7 Å². The minimum Gasteiger partial charge on any atom is -0.508 e. The summed E-state index contributed by atoms with van der Waals surface area (Å²) in [7, 11) is 0. The van der Waals surface area contributed by atoms with Crippen LogP contribution in [0.3, 0.4) is 0 Å². The molecule has 9 N–H and O–H groups in total. The summed E-state index contributed by atoms with van der Waals surface area (Å²) in [6.07, 6.45) is -18.3. The van der Waals surface area contributed by atoms with Crippen molar-refractivity contribution < 1.29 is 74.1 Å². The number of aliphatic carboxylic acids is 1. The molecule has 0 saturated carbocycles. The van der Waals surface area contributed by atoms with Crippen LogP contribution >= 0.6 is 0 Å². The second-order valence-corrected chi connectivity index (χ2v) is 10.1. The first-order valence-corrected chi connectivity index (χ1v) is 12.9. The Morgan fingerprint density at radius 2 is 1.49 bits per heavy atom. The SMILES string of the molecule is C[C@@H]1O[C@@H](O[C@H]2[C@H](Oc3c(-c4ccc(O)cc4)oc4cc(O)cc(O)c4c3=O)O[C@H](C(=O)O)[C@@H](O)[C@@H]2O)[C@H](O)[C@H](O)[C@H]1O. The van der Waals surface area contributed by atoms with E-state index in [4.69, 9.17) is 23.4 Å². The number of hydrogen-bond acceptors (Lipinski definition) is 15. The number of ether oxygens (including phenoxy) is 4. The average Bonchev–Trinajstić information content (AvgIpc) is 2.95. The highest BCUT2D eigenvalue weighted by Crippen LogP contribution is 2.38. The molecule has 2 saturated heterocycles. The molecule has 2 fully saturated rings. The van der Waals surface area contributed by atoms with E-state index < -0.39 is 95.4 Å². The predicted octanol–water partition coefficient (Wildman–Crippen LogP) is -1.30. The summed E-state index contributed by atoms with van der Waals surface area (Å²) in [5.41, 5.74) is -1.21. The lowest BCUT2D eigenvalue weighted by atomic mass is 9.97. The van der Waals surface area contributed by atoms with E-state index >= 15 is 0 Å². The lowest BCUT2D eigenvalue weighted by Gasteiger charge is -2.45. The molecule has 43 heavy (non-hydrogen) atoms. The van der Waals surface area contributed by atoms with Crippen molar-refractivity contribution >= 4 is 16.9 Å². The van der Waals surface area contributed by atoms with E-state index in [1.165, 1.54) is 31.2 Å². The topological polar surface area (TPSA) is 266 Å². The Morgan fingerprint density at radius 1 is 0.814 bits per heavy atom. The van der Waals surface area contributed by atoms with Gasteiger partial charge >= 0.3 is 5.97 Å². The summed E-state index contributed by atoms with van der Waals surface area (Å²) in [6.45, 7) is 1.35. The molecule has 0 bridgehead atoms. The molecule has 2 aromatic carbocycles. The minimum atomic E-state index is -2.12. The van der Waals surface area contributed by atoms with E-state index in [2.05, 4.69) is 0 Å². The number of benzene rings is 2. The lowest BCUT2D eigenvalue weighted by Crippen LogP contribution is -2.65. The smallest absolute Gasteiger partial charge is 0.335 e. The van der Waals surface area contributed by atoms with E-state index in [0.717, 1.165) is 12.1 Å². The van der Waals surface area contributed by atoms with Crippen molar-refractivity contribution in [1.82, 2.24) is 0 Å². The Balaban J connectivity index is 1.62. The zero-order valence-electron chi connectivity index (χ0n) is 22.1. The van der Waals surface area contributed by atoms with Gasteiger partial charge in [-0.05, 0) is 31.2 Å². The summed E-state index contributed by atoms with van der Waals surface area (Å²) in [5.74, 6) is -4.09. The number of carbonyl (C=O) groups is 1.